The Bertz CT molecular complexity index is 898. The van der Waals surface area contributed by atoms with Crippen molar-refractivity contribution >= 4 is 23.6 Å². The molecule has 1 aliphatic rings. The molecule has 7 nitrogen and oxygen atoms in total. The van der Waals surface area contributed by atoms with Gasteiger partial charge in [-0.3, -0.25) is 14.9 Å². The first-order valence-electron chi connectivity index (χ1n) is 10.0. The van der Waals surface area contributed by atoms with Crippen molar-refractivity contribution in [1.82, 2.24) is 10.2 Å². The number of ether oxygens (including phenoxy) is 1. The van der Waals surface area contributed by atoms with Gasteiger partial charge in [-0.1, -0.05) is 30.3 Å². The minimum absolute atomic E-state index is 0.119. The van der Waals surface area contributed by atoms with E-state index < -0.39 is 11.6 Å². The second-order valence-electron chi connectivity index (χ2n) is 7.55. The van der Waals surface area contributed by atoms with E-state index in [4.69, 9.17) is 0 Å². The van der Waals surface area contributed by atoms with Gasteiger partial charge in [-0.05, 0) is 56.0 Å². The Morgan fingerprint density at radius 3 is 2.40 bits per heavy atom. The van der Waals surface area contributed by atoms with Crippen LogP contribution < -0.4 is 10.6 Å². The SMILES string of the molecule is COC(=O)Nc1ccc(CNC(=O)[C@@]2(C)CCCCN2C(=O)c2ccccc2)cc1. The van der Waals surface area contributed by atoms with E-state index in [9.17, 15) is 14.4 Å². The van der Waals surface area contributed by atoms with Crippen molar-refractivity contribution in [2.75, 3.05) is 19.0 Å². The highest BCUT2D eigenvalue weighted by Gasteiger charge is 2.43. The molecule has 2 N–H and O–H groups in total. The third-order valence-electron chi connectivity index (χ3n) is 5.48. The molecule has 0 spiro atoms. The molecule has 3 rings (SSSR count). The number of carbonyl (C=O) groups is 3. The summed E-state index contributed by atoms with van der Waals surface area (Å²) in [4.78, 5) is 39.1. The van der Waals surface area contributed by atoms with E-state index in [0.29, 0.717) is 30.8 Å². The Morgan fingerprint density at radius 1 is 1.03 bits per heavy atom. The van der Waals surface area contributed by atoms with E-state index >= 15 is 0 Å². The average Bonchev–Trinajstić information content (AvgIpc) is 2.78. The first-order valence-corrected chi connectivity index (χ1v) is 10.0. The fourth-order valence-corrected chi connectivity index (χ4v) is 3.67. The van der Waals surface area contributed by atoms with Crippen LogP contribution in [0.25, 0.3) is 0 Å². The summed E-state index contributed by atoms with van der Waals surface area (Å²) < 4.78 is 4.56. The van der Waals surface area contributed by atoms with Gasteiger partial charge in [0, 0.05) is 24.3 Å². The van der Waals surface area contributed by atoms with Crippen LogP contribution in [0.15, 0.2) is 54.6 Å². The van der Waals surface area contributed by atoms with Gasteiger partial charge in [0.05, 0.1) is 7.11 Å². The summed E-state index contributed by atoms with van der Waals surface area (Å²) in [6, 6.07) is 16.2. The largest absolute Gasteiger partial charge is 0.453 e. The van der Waals surface area contributed by atoms with Crippen molar-refractivity contribution in [3.63, 3.8) is 0 Å². The maximum atomic E-state index is 13.1. The zero-order valence-corrected chi connectivity index (χ0v) is 17.3. The fraction of sp³-hybridized carbons (Fsp3) is 0.348. The van der Waals surface area contributed by atoms with Crippen LogP contribution in [0.5, 0.6) is 0 Å². The summed E-state index contributed by atoms with van der Waals surface area (Å²) in [6.45, 7) is 2.73. The summed E-state index contributed by atoms with van der Waals surface area (Å²) in [5, 5.41) is 5.55. The van der Waals surface area contributed by atoms with Crippen LogP contribution in [-0.4, -0.2) is 42.0 Å². The molecule has 3 amide bonds. The van der Waals surface area contributed by atoms with E-state index in [0.717, 1.165) is 18.4 Å². The molecule has 1 aliphatic heterocycles. The number of carbonyl (C=O) groups excluding carboxylic acids is 3. The monoisotopic (exact) mass is 409 g/mol. The number of amides is 3. The van der Waals surface area contributed by atoms with E-state index in [1.165, 1.54) is 7.11 Å². The van der Waals surface area contributed by atoms with E-state index in [1.54, 1.807) is 29.2 Å². The van der Waals surface area contributed by atoms with Crippen molar-refractivity contribution in [3.8, 4) is 0 Å². The number of piperidine rings is 1. The fourth-order valence-electron chi connectivity index (χ4n) is 3.67. The number of methoxy groups -OCH3 is 1. The van der Waals surface area contributed by atoms with Gasteiger partial charge in [0.1, 0.15) is 5.54 Å². The van der Waals surface area contributed by atoms with Gasteiger partial charge in [-0.2, -0.15) is 0 Å². The lowest BCUT2D eigenvalue weighted by Gasteiger charge is -2.43. The van der Waals surface area contributed by atoms with Crippen molar-refractivity contribution < 1.29 is 19.1 Å². The molecular formula is C23H27N3O4. The maximum Gasteiger partial charge on any atom is 0.411 e. The number of hydrogen-bond acceptors (Lipinski definition) is 4. The molecular weight excluding hydrogens is 382 g/mol. The number of hydrogen-bond donors (Lipinski definition) is 2. The van der Waals surface area contributed by atoms with E-state index in [1.807, 2.05) is 37.3 Å². The number of rotatable bonds is 5. The second-order valence-corrected chi connectivity index (χ2v) is 7.55. The van der Waals surface area contributed by atoms with Crippen LogP contribution in [0, 0.1) is 0 Å². The van der Waals surface area contributed by atoms with Crippen LogP contribution in [0.1, 0.15) is 42.1 Å². The van der Waals surface area contributed by atoms with Gasteiger partial charge in [-0.25, -0.2) is 4.79 Å². The molecule has 0 bridgehead atoms. The first-order chi connectivity index (χ1) is 14.4. The molecule has 1 fully saturated rings. The Kier molecular flexibility index (Phi) is 6.72. The molecule has 0 saturated carbocycles. The van der Waals surface area contributed by atoms with Crippen molar-refractivity contribution in [2.45, 2.75) is 38.3 Å². The molecule has 0 radical (unpaired) electrons. The lowest BCUT2D eigenvalue weighted by molar-refractivity contribution is -0.133. The second kappa shape index (κ2) is 9.43. The van der Waals surface area contributed by atoms with Gasteiger partial charge >= 0.3 is 6.09 Å². The molecule has 158 valence electrons. The van der Waals surface area contributed by atoms with Gasteiger partial charge < -0.3 is 15.0 Å². The van der Waals surface area contributed by atoms with Gasteiger partial charge in [0.25, 0.3) is 5.91 Å². The van der Waals surface area contributed by atoms with E-state index in [-0.39, 0.29) is 11.8 Å². The van der Waals surface area contributed by atoms with Crippen LogP contribution in [0.4, 0.5) is 10.5 Å². The number of benzene rings is 2. The molecule has 1 atom stereocenters. The molecule has 2 aromatic carbocycles. The lowest BCUT2D eigenvalue weighted by Crippen LogP contribution is -2.60. The minimum atomic E-state index is -0.891. The quantitative estimate of drug-likeness (QED) is 0.790. The smallest absolute Gasteiger partial charge is 0.411 e. The average molecular weight is 409 g/mol. The van der Waals surface area contributed by atoms with Crippen LogP contribution in [0.2, 0.25) is 0 Å². The summed E-state index contributed by atoms with van der Waals surface area (Å²) in [6.07, 6.45) is 1.87. The van der Waals surface area contributed by atoms with Crippen LogP contribution in [0.3, 0.4) is 0 Å². The predicted molar refractivity (Wildman–Crippen MR) is 114 cm³/mol. The molecule has 7 heteroatoms. The summed E-state index contributed by atoms with van der Waals surface area (Å²) in [5.74, 6) is -0.283. The molecule has 0 unspecified atom stereocenters. The first kappa shape index (κ1) is 21.4. The van der Waals surface area contributed by atoms with Crippen molar-refractivity contribution in [3.05, 3.63) is 65.7 Å². The number of nitrogens with one attached hydrogen (secondary N) is 2. The molecule has 0 aliphatic carbocycles. The molecule has 0 aromatic heterocycles. The van der Waals surface area contributed by atoms with Gasteiger partial charge in [0.2, 0.25) is 5.91 Å². The Morgan fingerprint density at radius 2 is 1.73 bits per heavy atom. The van der Waals surface area contributed by atoms with Crippen LogP contribution >= 0.6 is 0 Å². The van der Waals surface area contributed by atoms with E-state index in [2.05, 4.69) is 15.4 Å². The number of anilines is 1. The lowest BCUT2D eigenvalue weighted by atomic mass is 9.86. The van der Waals surface area contributed by atoms with Gasteiger partial charge in [-0.15, -0.1) is 0 Å². The maximum absolute atomic E-state index is 13.1. The summed E-state index contributed by atoms with van der Waals surface area (Å²) in [5.41, 5.74) is 1.19. The predicted octanol–water partition coefficient (Wildman–Crippen LogP) is 3.57. The number of likely N-dealkylation sites (tertiary alicyclic amines) is 1. The highest BCUT2D eigenvalue weighted by Crippen LogP contribution is 2.30. The van der Waals surface area contributed by atoms with Gasteiger partial charge in [0.15, 0.2) is 0 Å². The molecule has 2 aromatic rings. The van der Waals surface area contributed by atoms with Crippen molar-refractivity contribution in [1.29, 1.82) is 0 Å². The zero-order chi connectivity index (χ0) is 21.6. The third kappa shape index (κ3) is 4.79. The standard InChI is InChI=1S/C23H27N3O4/c1-23(14-6-7-15-26(23)20(27)18-8-4-3-5-9-18)21(28)24-16-17-10-12-19(13-11-17)25-22(29)30-2/h3-5,8-13H,6-7,14-16H2,1-2H3,(H,24,28)(H,25,29)/t23-/m1/s1. The third-order valence-corrected chi connectivity index (χ3v) is 5.48. The van der Waals surface area contributed by atoms with Crippen LogP contribution in [-0.2, 0) is 16.1 Å². The Balaban J connectivity index is 1.66. The molecule has 30 heavy (non-hydrogen) atoms. The number of nitrogens with zero attached hydrogens (tertiary/aromatic N) is 1. The molecule has 1 heterocycles. The van der Waals surface area contributed by atoms with Crippen molar-refractivity contribution in [2.24, 2.45) is 0 Å². The molecule has 1 saturated heterocycles. The highest BCUT2D eigenvalue weighted by atomic mass is 16.5. The summed E-state index contributed by atoms with van der Waals surface area (Å²) >= 11 is 0. The highest BCUT2D eigenvalue weighted by molar-refractivity contribution is 5.99. The zero-order valence-electron chi connectivity index (χ0n) is 17.3. The normalized spacial score (nSPS) is 18.4. The topological polar surface area (TPSA) is 87.7 Å². The Labute approximate surface area is 176 Å². The minimum Gasteiger partial charge on any atom is -0.453 e. The Hall–Kier alpha value is -3.35. The summed E-state index contributed by atoms with van der Waals surface area (Å²) in [7, 11) is 1.30.